The van der Waals surface area contributed by atoms with Crippen LogP contribution in [-0.4, -0.2) is 29.9 Å². The van der Waals surface area contributed by atoms with Crippen LogP contribution in [0.2, 0.25) is 0 Å². The molecular weight excluding hydrogens is 278 g/mol. The number of hydrogen-bond acceptors (Lipinski definition) is 3. The molecule has 0 saturated heterocycles. The summed E-state index contributed by atoms with van der Waals surface area (Å²) < 4.78 is 0. The first-order valence-corrected chi connectivity index (χ1v) is 7.19. The monoisotopic (exact) mass is 305 g/mol. The molecule has 1 aliphatic carbocycles. The number of hydrogen-bond donors (Lipinski definition) is 3. The average Bonchev–Trinajstić information content (AvgIpc) is 2.26. The Morgan fingerprint density at radius 3 is 2.55 bits per heavy atom. The van der Waals surface area contributed by atoms with E-state index in [1.165, 1.54) is 0 Å². The minimum Gasteiger partial charge on any atom is -0.355 e. The largest absolute Gasteiger partial charge is 0.355 e. The zero-order valence-corrected chi connectivity index (χ0v) is 13.5. The quantitative estimate of drug-likeness (QED) is 0.717. The highest BCUT2D eigenvalue weighted by Gasteiger charge is 2.37. The molecule has 0 radical (unpaired) electrons. The Hall–Kier alpha value is -0.810. The summed E-state index contributed by atoms with van der Waals surface area (Å²) in [7, 11) is 0. The van der Waals surface area contributed by atoms with Gasteiger partial charge in [-0.3, -0.25) is 9.59 Å². The first-order chi connectivity index (χ1) is 8.83. The summed E-state index contributed by atoms with van der Waals surface area (Å²) in [6.07, 6.45) is 4.19. The highest BCUT2D eigenvalue weighted by Crippen LogP contribution is 2.31. The smallest absolute Gasteiger partial charge is 0.224 e. The van der Waals surface area contributed by atoms with Crippen LogP contribution in [0.25, 0.3) is 0 Å². The minimum absolute atomic E-state index is 0. The van der Waals surface area contributed by atoms with Gasteiger partial charge in [0, 0.05) is 24.5 Å². The van der Waals surface area contributed by atoms with Gasteiger partial charge in [0.15, 0.2) is 0 Å². The molecule has 0 aromatic rings. The van der Waals surface area contributed by atoms with E-state index in [9.17, 15) is 9.59 Å². The molecule has 2 unspecified atom stereocenters. The molecule has 0 aromatic carbocycles. The summed E-state index contributed by atoms with van der Waals surface area (Å²) in [6, 6.07) is 0.133. The Labute approximate surface area is 127 Å². The second kappa shape index (κ2) is 8.47. The van der Waals surface area contributed by atoms with E-state index in [0.717, 1.165) is 25.7 Å². The predicted molar refractivity (Wildman–Crippen MR) is 82.7 cm³/mol. The third-order valence-corrected chi connectivity index (χ3v) is 3.67. The number of halogens is 1. The van der Waals surface area contributed by atoms with Crippen molar-refractivity contribution in [2.45, 2.75) is 64.5 Å². The minimum atomic E-state index is -0.414. The van der Waals surface area contributed by atoms with E-state index >= 15 is 0 Å². The third kappa shape index (κ3) is 6.09. The molecule has 5 nitrogen and oxygen atoms in total. The molecule has 0 spiro atoms. The van der Waals surface area contributed by atoms with Crippen LogP contribution in [0.1, 0.15) is 52.9 Å². The lowest BCUT2D eigenvalue weighted by atomic mass is 9.74. The van der Waals surface area contributed by atoms with Crippen molar-refractivity contribution in [3.63, 3.8) is 0 Å². The van der Waals surface area contributed by atoms with E-state index in [1.807, 2.05) is 20.8 Å². The summed E-state index contributed by atoms with van der Waals surface area (Å²) in [4.78, 5) is 23.5. The molecule has 2 atom stereocenters. The Morgan fingerprint density at radius 2 is 2.00 bits per heavy atom. The molecule has 0 heterocycles. The molecule has 0 aliphatic heterocycles. The van der Waals surface area contributed by atoms with Crippen molar-refractivity contribution in [3.05, 3.63) is 0 Å². The van der Waals surface area contributed by atoms with Crippen molar-refractivity contribution < 1.29 is 9.59 Å². The SMILES string of the molecule is CC(C)NC(=O)CCNC(=O)C1CCCCC1(C)N.Cl. The normalized spacial score (nSPS) is 25.8. The van der Waals surface area contributed by atoms with Crippen LogP contribution in [0.15, 0.2) is 0 Å². The summed E-state index contributed by atoms with van der Waals surface area (Å²) >= 11 is 0. The Bertz CT molecular complexity index is 332. The molecule has 0 bridgehead atoms. The maximum atomic E-state index is 12.1. The van der Waals surface area contributed by atoms with E-state index in [4.69, 9.17) is 5.73 Å². The van der Waals surface area contributed by atoms with Gasteiger partial charge in [-0.2, -0.15) is 0 Å². The van der Waals surface area contributed by atoms with Crippen LogP contribution in [0.4, 0.5) is 0 Å². The second-order valence-electron chi connectivity index (χ2n) is 6.07. The first kappa shape index (κ1) is 19.2. The molecule has 1 aliphatic rings. The van der Waals surface area contributed by atoms with Crippen LogP contribution in [0.5, 0.6) is 0 Å². The van der Waals surface area contributed by atoms with Crippen LogP contribution in [0.3, 0.4) is 0 Å². The number of carbonyl (C=O) groups is 2. The average molecular weight is 306 g/mol. The number of amides is 2. The molecule has 118 valence electrons. The van der Waals surface area contributed by atoms with Crippen LogP contribution >= 0.6 is 12.4 Å². The maximum absolute atomic E-state index is 12.1. The fourth-order valence-corrected chi connectivity index (χ4v) is 2.61. The number of rotatable bonds is 5. The fourth-order valence-electron chi connectivity index (χ4n) is 2.61. The Morgan fingerprint density at radius 1 is 1.35 bits per heavy atom. The molecular formula is C14H28ClN3O2. The van der Waals surface area contributed by atoms with Gasteiger partial charge in [0.2, 0.25) is 11.8 Å². The molecule has 4 N–H and O–H groups in total. The first-order valence-electron chi connectivity index (χ1n) is 7.19. The van der Waals surface area contributed by atoms with Crippen molar-refractivity contribution in [2.75, 3.05) is 6.54 Å². The van der Waals surface area contributed by atoms with Crippen LogP contribution in [0, 0.1) is 5.92 Å². The van der Waals surface area contributed by atoms with Crippen molar-refractivity contribution in [1.29, 1.82) is 0 Å². The highest BCUT2D eigenvalue weighted by molar-refractivity contribution is 5.85. The van der Waals surface area contributed by atoms with Gasteiger partial charge in [0.1, 0.15) is 0 Å². The van der Waals surface area contributed by atoms with Gasteiger partial charge in [0.25, 0.3) is 0 Å². The summed E-state index contributed by atoms with van der Waals surface area (Å²) in [5.74, 6) is -0.175. The Balaban J connectivity index is 0.00000361. The van der Waals surface area contributed by atoms with E-state index in [1.54, 1.807) is 0 Å². The molecule has 6 heteroatoms. The fraction of sp³-hybridized carbons (Fsp3) is 0.857. The van der Waals surface area contributed by atoms with Gasteiger partial charge < -0.3 is 16.4 Å². The van der Waals surface area contributed by atoms with Crippen LogP contribution in [-0.2, 0) is 9.59 Å². The summed E-state index contributed by atoms with van der Waals surface area (Å²) in [6.45, 7) is 6.16. The van der Waals surface area contributed by atoms with Crippen molar-refractivity contribution in [3.8, 4) is 0 Å². The van der Waals surface area contributed by atoms with Gasteiger partial charge in [-0.25, -0.2) is 0 Å². The van der Waals surface area contributed by atoms with E-state index in [0.29, 0.717) is 13.0 Å². The third-order valence-electron chi connectivity index (χ3n) is 3.67. The van der Waals surface area contributed by atoms with Gasteiger partial charge >= 0.3 is 0 Å². The molecule has 1 saturated carbocycles. The lowest BCUT2D eigenvalue weighted by Gasteiger charge is -2.37. The van der Waals surface area contributed by atoms with Gasteiger partial charge in [-0.15, -0.1) is 12.4 Å². The molecule has 1 rings (SSSR count). The summed E-state index contributed by atoms with van der Waals surface area (Å²) in [5.41, 5.74) is 5.77. The summed E-state index contributed by atoms with van der Waals surface area (Å²) in [5, 5.41) is 5.63. The zero-order chi connectivity index (χ0) is 14.5. The van der Waals surface area contributed by atoms with Crippen molar-refractivity contribution >= 4 is 24.2 Å². The van der Waals surface area contributed by atoms with E-state index < -0.39 is 5.54 Å². The maximum Gasteiger partial charge on any atom is 0.224 e. The predicted octanol–water partition coefficient (Wildman–Crippen LogP) is 1.35. The second-order valence-corrected chi connectivity index (χ2v) is 6.07. The topological polar surface area (TPSA) is 84.2 Å². The number of carbonyl (C=O) groups excluding carboxylic acids is 2. The van der Waals surface area contributed by atoms with Gasteiger partial charge in [0.05, 0.1) is 5.92 Å². The van der Waals surface area contributed by atoms with Gasteiger partial charge in [-0.05, 0) is 33.6 Å². The zero-order valence-electron chi connectivity index (χ0n) is 12.7. The van der Waals surface area contributed by atoms with E-state index in [-0.39, 0.29) is 36.2 Å². The molecule has 0 aromatic heterocycles. The van der Waals surface area contributed by atoms with Crippen molar-refractivity contribution in [1.82, 2.24) is 10.6 Å². The van der Waals surface area contributed by atoms with E-state index in [2.05, 4.69) is 10.6 Å². The Kier molecular flexibility index (Phi) is 8.13. The molecule has 1 fully saturated rings. The highest BCUT2D eigenvalue weighted by atomic mass is 35.5. The number of nitrogens with one attached hydrogen (secondary N) is 2. The lowest BCUT2D eigenvalue weighted by molar-refractivity contribution is -0.128. The van der Waals surface area contributed by atoms with Crippen LogP contribution < -0.4 is 16.4 Å². The van der Waals surface area contributed by atoms with Crippen molar-refractivity contribution in [2.24, 2.45) is 11.7 Å². The molecule has 20 heavy (non-hydrogen) atoms. The number of nitrogens with two attached hydrogens (primary N) is 1. The van der Waals surface area contributed by atoms with Gasteiger partial charge in [-0.1, -0.05) is 12.8 Å². The lowest BCUT2D eigenvalue weighted by Crippen LogP contribution is -2.53. The molecule has 2 amide bonds. The standard InChI is InChI=1S/C14H27N3O2.ClH/c1-10(2)17-12(18)7-9-16-13(19)11-6-4-5-8-14(11,3)15;/h10-11H,4-9,15H2,1-3H3,(H,16,19)(H,17,18);1H.